The van der Waals surface area contributed by atoms with Crippen LogP contribution in [0.3, 0.4) is 0 Å². The van der Waals surface area contributed by atoms with Crippen molar-refractivity contribution in [1.29, 1.82) is 0 Å². The molecule has 0 aromatic rings. The first-order chi connectivity index (χ1) is 7.95. The van der Waals surface area contributed by atoms with E-state index >= 15 is 0 Å². The second-order valence-corrected chi connectivity index (χ2v) is 4.27. The molecule has 0 aromatic carbocycles. The average molecular weight is 246 g/mol. The Balaban J connectivity index is 3.69. The molecule has 0 aliphatic rings. The molecule has 6 nitrogen and oxygen atoms in total. The Morgan fingerprint density at radius 2 is 1.94 bits per heavy atom. The highest BCUT2D eigenvalue weighted by Gasteiger charge is 2.13. The van der Waals surface area contributed by atoms with Gasteiger partial charge in [0.1, 0.15) is 0 Å². The minimum atomic E-state index is -0.945. The standard InChI is InChI=1S/C11H22N2O4/c1-8(2)4-5-12-11(16)13-7-9(17-3)6-10(14)15/h8-9H,4-7H2,1-3H3,(H,14,15)(H2,12,13,16). The van der Waals surface area contributed by atoms with Crippen molar-refractivity contribution in [3.05, 3.63) is 0 Å². The van der Waals surface area contributed by atoms with Crippen molar-refractivity contribution in [1.82, 2.24) is 10.6 Å². The summed E-state index contributed by atoms with van der Waals surface area (Å²) >= 11 is 0. The summed E-state index contributed by atoms with van der Waals surface area (Å²) in [6, 6.07) is -0.293. The van der Waals surface area contributed by atoms with Crippen LogP contribution in [0, 0.1) is 5.92 Å². The fourth-order valence-corrected chi connectivity index (χ4v) is 1.18. The van der Waals surface area contributed by atoms with Gasteiger partial charge in [0.25, 0.3) is 0 Å². The third kappa shape index (κ3) is 9.62. The van der Waals surface area contributed by atoms with Crippen molar-refractivity contribution in [2.45, 2.75) is 32.8 Å². The zero-order valence-electron chi connectivity index (χ0n) is 10.7. The van der Waals surface area contributed by atoms with Crippen LogP contribution in [-0.2, 0) is 9.53 Å². The van der Waals surface area contributed by atoms with Gasteiger partial charge in [0.15, 0.2) is 0 Å². The van der Waals surface area contributed by atoms with E-state index < -0.39 is 12.1 Å². The Bertz CT molecular complexity index is 244. The van der Waals surface area contributed by atoms with Gasteiger partial charge in [-0.25, -0.2) is 4.79 Å². The van der Waals surface area contributed by atoms with Gasteiger partial charge in [-0.15, -0.1) is 0 Å². The summed E-state index contributed by atoms with van der Waals surface area (Å²) < 4.78 is 4.93. The number of ether oxygens (including phenoxy) is 1. The average Bonchev–Trinajstić information content (AvgIpc) is 2.23. The molecule has 2 amide bonds. The van der Waals surface area contributed by atoms with Crippen LogP contribution in [0.15, 0.2) is 0 Å². The molecule has 0 fully saturated rings. The van der Waals surface area contributed by atoms with Crippen LogP contribution < -0.4 is 10.6 Å². The van der Waals surface area contributed by atoms with Gasteiger partial charge in [-0.2, -0.15) is 0 Å². The number of amides is 2. The van der Waals surface area contributed by atoms with E-state index in [0.29, 0.717) is 12.5 Å². The van der Waals surface area contributed by atoms with Crippen molar-refractivity contribution in [2.75, 3.05) is 20.2 Å². The van der Waals surface area contributed by atoms with Crippen LogP contribution in [0.1, 0.15) is 26.7 Å². The third-order valence-electron chi connectivity index (χ3n) is 2.23. The molecular weight excluding hydrogens is 224 g/mol. The molecule has 0 heterocycles. The fourth-order valence-electron chi connectivity index (χ4n) is 1.18. The van der Waals surface area contributed by atoms with E-state index in [-0.39, 0.29) is 19.0 Å². The molecule has 100 valence electrons. The van der Waals surface area contributed by atoms with E-state index in [1.807, 2.05) is 0 Å². The molecule has 0 bridgehead atoms. The molecule has 1 atom stereocenters. The number of carbonyl (C=O) groups is 2. The Morgan fingerprint density at radius 1 is 1.29 bits per heavy atom. The molecule has 0 saturated carbocycles. The number of nitrogens with one attached hydrogen (secondary N) is 2. The summed E-state index contributed by atoms with van der Waals surface area (Å²) in [7, 11) is 1.42. The lowest BCUT2D eigenvalue weighted by molar-refractivity contribution is -0.139. The number of methoxy groups -OCH3 is 1. The number of rotatable bonds is 8. The fraction of sp³-hybridized carbons (Fsp3) is 0.818. The zero-order chi connectivity index (χ0) is 13.3. The summed E-state index contributed by atoms with van der Waals surface area (Å²) in [5, 5.41) is 13.8. The van der Waals surface area contributed by atoms with Crippen LogP contribution in [0.5, 0.6) is 0 Å². The first-order valence-electron chi connectivity index (χ1n) is 5.72. The molecule has 0 aliphatic carbocycles. The lowest BCUT2D eigenvalue weighted by atomic mass is 10.1. The van der Waals surface area contributed by atoms with Crippen molar-refractivity contribution in [3.8, 4) is 0 Å². The highest BCUT2D eigenvalue weighted by atomic mass is 16.5. The van der Waals surface area contributed by atoms with Crippen molar-refractivity contribution >= 4 is 12.0 Å². The van der Waals surface area contributed by atoms with Gasteiger partial charge < -0.3 is 20.5 Å². The lowest BCUT2D eigenvalue weighted by Crippen LogP contribution is -2.41. The largest absolute Gasteiger partial charge is 0.481 e. The van der Waals surface area contributed by atoms with Gasteiger partial charge in [-0.1, -0.05) is 13.8 Å². The van der Waals surface area contributed by atoms with Crippen LogP contribution in [0.25, 0.3) is 0 Å². The number of urea groups is 1. The van der Waals surface area contributed by atoms with Crippen LogP contribution in [0.2, 0.25) is 0 Å². The molecule has 17 heavy (non-hydrogen) atoms. The minimum absolute atomic E-state index is 0.122. The maximum absolute atomic E-state index is 11.3. The molecule has 0 saturated heterocycles. The Labute approximate surface area is 102 Å². The van der Waals surface area contributed by atoms with E-state index in [4.69, 9.17) is 9.84 Å². The summed E-state index contributed by atoms with van der Waals surface area (Å²) in [4.78, 5) is 21.8. The number of hydrogen-bond acceptors (Lipinski definition) is 3. The maximum Gasteiger partial charge on any atom is 0.314 e. The predicted molar refractivity (Wildman–Crippen MR) is 63.9 cm³/mol. The van der Waals surface area contributed by atoms with E-state index in [1.165, 1.54) is 7.11 Å². The van der Waals surface area contributed by atoms with Gasteiger partial charge in [-0.3, -0.25) is 4.79 Å². The summed E-state index contributed by atoms with van der Waals surface area (Å²) in [5.74, 6) is -0.409. The monoisotopic (exact) mass is 246 g/mol. The van der Waals surface area contributed by atoms with Crippen LogP contribution in [-0.4, -0.2) is 43.4 Å². The molecule has 3 N–H and O–H groups in total. The van der Waals surface area contributed by atoms with Gasteiger partial charge in [-0.05, 0) is 12.3 Å². The smallest absolute Gasteiger partial charge is 0.314 e. The van der Waals surface area contributed by atoms with E-state index in [0.717, 1.165) is 6.42 Å². The van der Waals surface area contributed by atoms with E-state index in [1.54, 1.807) is 0 Å². The maximum atomic E-state index is 11.3. The lowest BCUT2D eigenvalue weighted by Gasteiger charge is -2.14. The van der Waals surface area contributed by atoms with Gasteiger partial charge >= 0.3 is 12.0 Å². The number of hydrogen-bond donors (Lipinski definition) is 3. The Kier molecular flexibility index (Phi) is 8.13. The highest BCUT2D eigenvalue weighted by molar-refractivity contribution is 5.74. The van der Waals surface area contributed by atoms with Gasteiger partial charge in [0.2, 0.25) is 0 Å². The van der Waals surface area contributed by atoms with Gasteiger partial charge in [0.05, 0.1) is 12.5 Å². The van der Waals surface area contributed by atoms with E-state index in [2.05, 4.69) is 24.5 Å². The number of carbonyl (C=O) groups excluding carboxylic acids is 1. The minimum Gasteiger partial charge on any atom is -0.481 e. The number of carboxylic acids is 1. The summed E-state index contributed by atoms with van der Waals surface area (Å²) in [6.45, 7) is 4.96. The molecule has 0 rings (SSSR count). The predicted octanol–water partition coefficient (Wildman–Crippen LogP) is 0.821. The first kappa shape index (κ1) is 15.7. The van der Waals surface area contributed by atoms with Crippen molar-refractivity contribution in [3.63, 3.8) is 0 Å². The second kappa shape index (κ2) is 8.81. The molecule has 6 heteroatoms. The molecule has 0 aliphatic heterocycles. The number of carboxylic acid groups (broad SMARTS) is 1. The highest BCUT2D eigenvalue weighted by Crippen LogP contribution is 1.97. The van der Waals surface area contributed by atoms with Crippen molar-refractivity contribution < 1.29 is 19.4 Å². The molecule has 0 radical (unpaired) electrons. The quantitative estimate of drug-likeness (QED) is 0.591. The first-order valence-corrected chi connectivity index (χ1v) is 5.72. The number of aliphatic carboxylic acids is 1. The van der Waals surface area contributed by atoms with Crippen LogP contribution >= 0.6 is 0 Å². The Morgan fingerprint density at radius 3 is 2.41 bits per heavy atom. The zero-order valence-corrected chi connectivity index (χ0v) is 10.7. The topological polar surface area (TPSA) is 87.7 Å². The molecule has 1 unspecified atom stereocenters. The van der Waals surface area contributed by atoms with Gasteiger partial charge in [0, 0.05) is 20.2 Å². The normalized spacial score (nSPS) is 12.2. The Hall–Kier alpha value is -1.30. The van der Waals surface area contributed by atoms with E-state index in [9.17, 15) is 9.59 Å². The van der Waals surface area contributed by atoms with Crippen molar-refractivity contribution in [2.24, 2.45) is 5.92 Å². The summed E-state index contributed by atoms with van der Waals surface area (Å²) in [6.07, 6.45) is 0.294. The third-order valence-corrected chi connectivity index (χ3v) is 2.23. The molecule has 0 aromatic heterocycles. The second-order valence-electron chi connectivity index (χ2n) is 4.27. The SMILES string of the molecule is COC(CNC(=O)NCCC(C)C)CC(=O)O. The van der Waals surface area contributed by atoms with Crippen LogP contribution in [0.4, 0.5) is 4.79 Å². The summed E-state index contributed by atoms with van der Waals surface area (Å²) in [5.41, 5.74) is 0. The molecular formula is C11H22N2O4. The molecule has 0 spiro atoms.